The van der Waals surface area contributed by atoms with Crippen LogP contribution in [-0.2, 0) is 23.7 Å². The summed E-state index contributed by atoms with van der Waals surface area (Å²) in [6, 6.07) is 17.8. The second kappa shape index (κ2) is 13.4. The Hall–Kier alpha value is -2.26. The van der Waals surface area contributed by atoms with Gasteiger partial charge in [0, 0.05) is 5.92 Å². The lowest BCUT2D eigenvalue weighted by atomic mass is 9.79. The minimum atomic E-state index is -0.529. The van der Waals surface area contributed by atoms with Gasteiger partial charge in [-0.2, -0.15) is 0 Å². The average molecular weight is 604 g/mol. The van der Waals surface area contributed by atoms with Gasteiger partial charge >= 0.3 is 11.9 Å². The number of hydrogen-bond donors (Lipinski definition) is 0. The van der Waals surface area contributed by atoms with Crippen molar-refractivity contribution in [1.29, 1.82) is 0 Å². The highest BCUT2D eigenvalue weighted by Gasteiger charge is 2.47. The van der Waals surface area contributed by atoms with Crippen molar-refractivity contribution >= 4 is 27.9 Å². The number of alkyl halides is 1. The van der Waals surface area contributed by atoms with E-state index in [0.717, 1.165) is 0 Å². The summed E-state index contributed by atoms with van der Waals surface area (Å²) in [5.41, 5.74) is 0.997. The Morgan fingerprint density at radius 1 is 0.667 bits per heavy atom. The molecule has 2 aromatic carbocycles. The molecule has 0 amide bonds. The Morgan fingerprint density at radius 2 is 1.18 bits per heavy atom. The molecule has 2 aliphatic rings. The van der Waals surface area contributed by atoms with Crippen LogP contribution in [0, 0.1) is 29.6 Å². The SMILES string of the molecule is CC1C(Br)OC(COC(=O)c2ccccc2)C(OC2OC(COC(=O)c3ccccc3)C(C)C(C)C2C)C1C. The Balaban J connectivity index is 1.43. The van der Waals surface area contributed by atoms with E-state index >= 15 is 0 Å². The first-order valence-electron chi connectivity index (χ1n) is 13.7. The molecule has 0 radical (unpaired) electrons. The first-order valence-corrected chi connectivity index (χ1v) is 14.6. The average Bonchev–Trinajstić information content (AvgIpc) is 2.96. The standard InChI is InChI=1S/C31H39BrO7/c1-18-19(2)25(16-35-29(33)23-12-8-6-9-13-23)38-31(22(18)5)39-27-20(3)21(4)28(32)37-26(27)17-36-30(34)24-14-10-7-11-15-24/h6-15,18-22,25-28,31H,16-17H2,1-5H3. The molecule has 10 atom stereocenters. The first kappa shape index (κ1) is 29.7. The molecule has 7 nitrogen and oxygen atoms in total. The molecule has 0 N–H and O–H groups in total. The van der Waals surface area contributed by atoms with Crippen molar-refractivity contribution in [2.24, 2.45) is 29.6 Å². The van der Waals surface area contributed by atoms with Crippen molar-refractivity contribution < 1.29 is 33.3 Å². The maximum absolute atomic E-state index is 12.6. The van der Waals surface area contributed by atoms with E-state index in [1.165, 1.54) is 0 Å². The van der Waals surface area contributed by atoms with Gasteiger partial charge in [0.25, 0.3) is 0 Å². The van der Waals surface area contributed by atoms with Crippen LogP contribution < -0.4 is 0 Å². The summed E-state index contributed by atoms with van der Waals surface area (Å²) in [5.74, 6) is 0.00836. The highest BCUT2D eigenvalue weighted by atomic mass is 79.9. The van der Waals surface area contributed by atoms with Crippen molar-refractivity contribution in [3.63, 3.8) is 0 Å². The number of hydrogen-bond acceptors (Lipinski definition) is 7. The van der Waals surface area contributed by atoms with Crippen LogP contribution in [0.1, 0.15) is 55.3 Å². The number of benzene rings is 2. The third-order valence-electron chi connectivity index (χ3n) is 8.48. The normalized spacial score (nSPS) is 34.7. The zero-order valence-corrected chi connectivity index (χ0v) is 24.8. The van der Waals surface area contributed by atoms with Crippen molar-refractivity contribution in [2.75, 3.05) is 13.2 Å². The van der Waals surface area contributed by atoms with Crippen LogP contribution >= 0.6 is 15.9 Å². The molecule has 8 heteroatoms. The number of ether oxygens (including phenoxy) is 5. The molecule has 4 rings (SSSR count). The summed E-state index contributed by atoms with van der Waals surface area (Å²) in [7, 11) is 0. The lowest BCUT2D eigenvalue weighted by molar-refractivity contribution is -0.300. The maximum atomic E-state index is 12.6. The topological polar surface area (TPSA) is 80.3 Å². The minimum Gasteiger partial charge on any atom is -0.459 e. The highest BCUT2D eigenvalue weighted by molar-refractivity contribution is 9.09. The molecule has 0 saturated carbocycles. The van der Waals surface area contributed by atoms with Gasteiger partial charge in [-0.1, -0.05) is 86.9 Å². The molecule has 0 aromatic heterocycles. The van der Waals surface area contributed by atoms with Crippen LogP contribution in [0.4, 0.5) is 0 Å². The van der Waals surface area contributed by atoms with E-state index < -0.39 is 18.4 Å². The predicted molar refractivity (Wildman–Crippen MR) is 150 cm³/mol. The van der Waals surface area contributed by atoms with Crippen molar-refractivity contribution in [1.82, 2.24) is 0 Å². The molecule has 0 aliphatic carbocycles. The lowest BCUT2D eigenvalue weighted by Gasteiger charge is -2.48. The van der Waals surface area contributed by atoms with Gasteiger partial charge in [0.2, 0.25) is 0 Å². The van der Waals surface area contributed by atoms with E-state index in [1.807, 2.05) is 24.3 Å². The number of carbonyl (C=O) groups excluding carboxylic acids is 2. The number of halogens is 1. The molecule has 10 unspecified atom stereocenters. The van der Waals surface area contributed by atoms with Crippen LogP contribution in [0.15, 0.2) is 60.7 Å². The fraction of sp³-hybridized carbons (Fsp3) is 0.548. The Morgan fingerprint density at radius 3 is 1.72 bits per heavy atom. The summed E-state index contributed by atoms with van der Waals surface area (Å²) < 4.78 is 30.6. The van der Waals surface area contributed by atoms with Crippen LogP contribution in [0.25, 0.3) is 0 Å². The second-order valence-corrected chi connectivity index (χ2v) is 11.8. The van der Waals surface area contributed by atoms with E-state index in [-0.39, 0.29) is 66.0 Å². The quantitative estimate of drug-likeness (QED) is 0.266. The molecule has 0 spiro atoms. The fourth-order valence-corrected chi connectivity index (χ4v) is 5.97. The summed E-state index contributed by atoms with van der Waals surface area (Å²) in [6.07, 6.45) is -1.69. The molecule has 2 aliphatic heterocycles. The Kier molecular flexibility index (Phi) is 10.2. The largest absolute Gasteiger partial charge is 0.459 e. The van der Waals surface area contributed by atoms with Gasteiger partial charge in [-0.25, -0.2) is 9.59 Å². The van der Waals surface area contributed by atoms with Crippen molar-refractivity contribution in [3.8, 4) is 0 Å². The summed E-state index contributed by atoms with van der Waals surface area (Å²) in [4.78, 5) is 25.2. The summed E-state index contributed by atoms with van der Waals surface area (Å²) >= 11 is 3.63. The van der Waals surface area contributed by atoms with Crippen LogP contribution in [0.5, 0.6) is 0 Å². The maximum Gasteiger partial charge on any atom is 0.338 e. The lowest BCUT2D eigenvalue weighted by Crippen LogP contribution is -2.55. The summed E-state index contributed by atoms with van der Waals surface area (Å²) in [6.45, 7) is 10.8. The predicted octanol–water partition coefficient (Wildman–Crippen LogP) is 6.11. The molecular weight excluding hydrogens is 564 g/mol. The van der Waals surface area contributed by atoms with Gasteiger partial charge in [0.1, 0.15) is 24.3 Å². The van der Waals surface area contributed by atoms with E-state index in [4.69, 9.17) is 23.7 Å². The zero-order chi connectivity index (χ0) is 28.1. The first-order chi connectivity index (χ1) is 18.7. The molecule has 2 aromatic rings. The molecule has 2 saturated heterocycles. The van der Waals surface area contributed by atoms with E-state index in [0.29, 0.717) is 11.1 Å². The molecule has 212 valence electrons. The van der Waals surface area contributed by atoms with E-state index in [1.54, 1.807) is 36.4 Å². The van der Waals surface area contributed by atoms with Gasteiger partial charge in [0.15, 0.2) is 6.29 Å². The van der Waals surface area contributed by atoms with Crippen LogP contribution in [0.3, 0.4) is 0 Å². The summed E-state index contributed by atoms with van der Waals surface area (Å²) in [5, 5.41) is -0.193. The molecule has 39 heavy (non-hydrogen) atoms. The third-order valence-corrected chi connectivity index (χ3v) is 9.53. The zero-order valence-electron chi connectivity index (χ0n) is 23.2. The van der Waals surface area contributed by atoms with Crippen molar-refractivity contribution in [3.05, 3.63) is 71.8 Å². The smallest absolute Gasteiger partial charge is 0.338 e. The number of esters is 2. The third kappa shape index (κ3) is 7.09. The van der Waals surface area contributed by atoms with Gasteiger partial charge < -0.3 is 23.7 Å². The molecule has 0 bridgehead atoms. The van der Waals surface area contributed by atoms with E-state index in [2.05, 4.69) is 50.5 Å². The second-order valence-electron chi connectivity index (χ2n) is 10.9. The fourth-order valence-electron chi connectivity index (χ4n) is 5.21. The monoisotopic (exact) mass is 602 g/mol. The molecular formula is C31H39BrO7. The Bertz CT molecular complexity index is 1080. The van der Waals surface area contributed by atoms with Gasteiger partial charge in [-0.05, 0) is 47.9 Å². The van der Waals surface area contributed by atoms with Gasteiger partial charge in [-0.3, -0.25) is 0 Å². The van der Waals surface area contributed by atoms with E-state index in [9.17, 15) is 9.59 Å². The van der Waals surface area contributed by atoms with Crippen molar-refractivity contribution in [2.45, 2.75) is 64.2 Å². The Labute approximate surface area is 239 Å². The number of rotatable bonds is 8. The van der Waals surface area contributed by atoms with Gasteiger partial charge in [-0.15, -0.1) is 0 Å². The molecule has 2 heterocycles. The van der Waals surface area contributed by atoms with Crippen LogP contribution in [0.2, 0.25) is 0 Å². The number of carbonyl (C=O) groups is 2. The van der Waals surface area contributed by atoms with Crippen LogP contribution in [-0.4, -0.2) is 54.8 Å². The highest BCUT2D eigenvalue weighted by Crippen LogP contribution is 2.40. The molecule has 2 fully saturated rings. The minimum absolute atomic E-state index is 0.0583. The van der Waals surface area contributed by atoms with Gasteiger partial charge in [0.05, 0.1) is 23.3 Å².